The smallest absolute Gasteiger partial charge is 0.338 e. The Hall–Kier alpha value is -3.41. The standard InChI is InChI=1S/C24H25NO8S2/c1-16-8-10-18(11-9-16)35(28,29)25(34)19-14-17(24(27)31-3)15-22(32-13-12-26)23(19)33-21-7-5-4-6-20(21)30-2/h4-11,14-15,26,34H,12-13H2,1-3H3. The van der Waals surface area contributed by atoms with Crippen molar-refractivity contribution in [1.82, 2.24) is 0 Å². The summed E-state index contributed by atoms with van der Waals surface area (Å²) in [6.07, 6.45) is 0. The number of aliphatic hydroxyl groups excluding tert-OH is 1. The molecular weight excluding hydrogens is 494 g/mol. The van der Waals surface area contributed by atoms with Crippen LogP contribution in [-0.4, -0.2) is 46.9 Å². The summed E-state index contributed by atoms with van der Waals surface area (Å²) in [6.45, 7) is 1.35. The first-order chi connectivity index (χ1) is 16.7. The Bertz CT molecular complexity index is 1290. The van der Waals surface area contributed by atoms with Crippen LogP contribution in [0.5, 0.6) is 23.0 Å². The van der Waals surface area contributed by atoms with Crippen LogP contribution < -0.4 is 17.9 Å². The Morgan fingerprint density at radius 3 is 2.26 bits per heavy atom. The first kappa shape index (κ1) is 26.2. The molecule has 0 aromatic heterocycles. The number of para-hydroxylation sites is 2. The maximum Gasteiger partial charge on any atom is 0.338 e. The highest BCUT2D eigenvalue weighted by Crippen LogP contribution is 2.46. The third-order valence-corrected chi connectivity index (χ3v) is 7.22. The number of methoxy groups -OCH3 is 2. The fourth-order valence-electron chi connectivity index (χ4n) is 3.08. The molecule has 0 bridgehead atoms. The van der Waals surface area contributed by atoms with E-state index in [1.165, 1.54) is 38.5 Å². The molecular formula is C24H25NO8S2. The summed E-state index contributed by atoms with van der Waals surface area (Å²) in [5.41, 5.74) is 0.749. The molecule has 0 radical (unpaired) electrons. The lowest BCUT2D eigenvalue weighted by atomic mass is 10.1. The number of aryl methyl sites for hydroxylation is 1. The number of ether oxygens (including phenoxy) is 4. The Kier molecular flexibility index (Phi) is 8.49. The lowest BCUT2D eigenvalue weighted by Gasteiger charge is -2.24. The van der Waals surface area contributed by atoms with Gasteiger partial charge in [0.25, 0.3) is 10.0 Å². The number of benzene rings is 3. The van der Waals surface area contributed by atoms with E-state index in [0.29, 0.717) is 9.46 Å². The van der Waals surface area contributed by atoms with Crippen molar-refractivity contribution in [2.75, 3.05) is 31.1 Å². The molecule has 0 aliphatic heterocycles. The van der Waals surface area contributed by atoms with Crippen LogP contribution >= 0.6 is 12.8 Å². The minimum Gasteiger partial charge on any atom is -0.493 e. The van der Waals surface area contributed by atoms with Crippen LogP contribution in [0.15, 0.2) is 65.6 Å². The second-order valence-electron chi connectivity index (χ2n) is 7.20. The summed E-state index contributed by atoms with van der Waals surface area (Å²) in [7, 11) is -1.55. The van der Waals surface area contributed by atoms with Crippen molar-refractivity contribution in [3.8, 4) is 23.0 Å². The molecule has 9 nitrogen and oxygen atoms in total. The van der Waals surface area contributed by atoms with Gasteiger partial charge >= 0.3 is 5.97 Å². The van der Waals surface area contributed by atoms with Gasteiger partial charge in [-0.25, -0.2) is 16.9 Å². The summed E-state index contributed by atoms with van der Waals surface area (Å²) < 4.78 is 49.4. The van der Waals surface area contributed by atoms with Crippen LogP contribution in [0, 0.1) is 6.92 Å². The Morgan fingerprint density at radius 1 is 1.00 bits per heavy atom. The van der Waals surface area contributed by atoms with Crippen molar-refractivity contribution < 1.29 is 37.3 Å². The second-order valence-corrected chi connectivity index (χ2v) is 9.66. The molecule has 186 valence electrons. The number of hydrogen-bond acceptors (Lipinski definition) is 9. The van der Waals surface area contributed by atoms with E-state index in [9.17, 15) is 18.3 Å². The maximum absolute atomic E-state index is 13.4. The average Bonchev–Trinajstić information content (AvgIpc) is 2.87. The molecule has 3 aromatic rings. The maximum atomic E-state index is 13.4. The number of anilines is 1. The van der Waals surface area contributed by atoms with Gasteiger partial charge in [0.2, 0.25) is 0 Å². The largest absolute Gasteiger partial charge is 0.493 e. The zero-order valence-corrected chi connectivity index (χ0v) is 21.0. The van der Waals surface area contributed by atoms with E-state index in [-0.39, 0.29) is 46.6 Å². The minimum absolute atomic E-state index is 0.0130. The third-order valence-electron chi connectivity index (χ3n) is 4.84. The number of carbonyl (C=O) groups excluding carboxylic acids is 1. The molecule has 0 amide bonds. The molecule has 0 unspecified atom stereocenters. The topological polar surface area (TPSA) is 112 Å². The van der Waals surface area contributed by atoms with E-state index in [2.05, 4.69) is 12.8 Å². The number of carbonyl (C=O) groups is 1. The van der Waals surface area contributed by atoms with Crippen molar-refractivity contribution in [1.29, 1.82) is 0 Å². The molecule has 0 saturated heterocycles. The van der Waals surface area contributed by atoms with E-state index in [1.807, 2.05) is 6.92 Å². The predicted molar refractivity (Wildman–Crippen MR) is 133 cm³/mol. The SMILES string of the molecule is COC(=O)c1cc(OCCO)c(Oc2ccccc2OC)c(N(S)S(=O)(=O)c2ccc(C)cc2)c1. The third kappa shape index (κ3) is 5.81. The molecule has 0 saturated carbocycles. The highest BCUT2D eigenvalue weighted by atomic mass is 32.3. The summed E-state index contributed by atoms with van der Waals surface area (Å²) in [5, 5.41) is 9.29. The van der Waals surface area contributed by atoms with Gasteiger partial charge in [-0.15, -0.1) is 0 Å². The molecule has 0 atom stereocenters. The van der Waals surface area contributed by atoms with Gasteiger partial charge in [0.1, 0.15) is 12.3 Å². The van der Waals surface area contributed by atoms with Crippen molar-refractivity contribution in [2.45, 2.75) is 11.8 Å². The fraction of sp³-hybridized carbons (Fsp3) is 0.208. The number of thiol groups is 1. The highest BCUT2D eigenvalue weighted by molar-refractivity contribution is 8.06. The zero-order valence-electron chi connectivity index (χ0n) is 19.3. The quantitative estimate of drug-likeness (QED) is 0.306. The van der Waals surface area contributed by atoms with Gasteiger partial charge in [-0.05, 0) is 56.1 Å². The van der Waals surface area contributed by atoms with Crippen LogP contribution in [0.4, 0.5) is 5.69 Å². The molecule has 0 heterocycles. The number of hydrogen-bond donors (Lipinski definition) is 2. The molecule has 0 fully saturated rings. The molecule has 0 aliphatic rings. The van der Waals surface area contributed by atoms with Crippen LogP contribution in [0.25, 0.3) is 0 Å². The van der Waals surface area contributed by atoms with E-state index in [0.717, 1.165) is 5.56 Å². The van der Waals surface area contributed by atoms with E-state index < -0.39 is 16.0 Å². The summed E-state index contributed by atoms with van der Waals surface area (Å²) in [6, 6.07) is 15.5. The Balaban J connectivity index is 2.24. The fourth-order valence-corrected chi connectivity index (χ4v) is 4.59. The molecule has 11 heteroatoms. The van der Waals surface area contributed by atoms with Crippen molar-refractivity contribution >= 4 is 34.5 Å². The normalized spacial score (nSPS) is 11.0. The molecule has 3 rings (SSSR count). The Labute approximate surface area is 209 Å². The summed E-state index contributed by atoms with van der Waals surface area (Å²) in [5.74, 6) is -0.193. The van der Waals surface area contributed by atoms with Crippen LogP contribution in [0.1, 0.15) is 15.9 Å². The van der Waals surface area contributed by atoms with Gasteiger partial charge in [-0.3, -0.25) is 0 Å². The number of nitrogens with zero attached hydrogens (tertiary/aromatic N) is 1. The van der Waals surface area contributed by atoms with Crippen LogP contribution in [-0.2, 0) is 14.8 Å². The number of rotatable bonds is 10. The van der Waals surface area contributed by atoms with Crippen molar-refractivity contribution in [2.24, 2.45) is 0 Å². The monoisotopic (exact) mass is 519 g/mol. The van der Waals surface area contributed by atoms with Crippen molar-refractivity contribution in [3.05, 3.63) is 71.8 Å². The van der Waals surface area contributed by atoms with Gasteiger partial charge in [0, 0.05) is 0 Å². The lowest BCUT2D eigenvalue weighted by molar-refractivity contribution is 0.0600. The van der Waals surface area contributed by atoms with E-state index >= 15 is 0 Å². The number of aliphatic hydroxyl groups is 1. The highest BCUT2D eigenvalue weighted by Gasteiger charge is 2.30. The van der Waals surface area contributed by atoms with Gasteiger partial charge in [-0.2, -0.15) is 0 Å². The molecule has 3 aromatic carbocycles. The van der Waals surface area contributed by atoms with Crippen molar-refractivity contribution in [3.63, 3.8) is 0 Å². The minimum atomic E-state index is -4.20. The van der Waals surface area contributed by atoms with E-state index in [4.69, 9.17) is 18.9 Å². The van der Waals surface area contributed by atoms with Crippen LogP contribution in [0.2, 0.25) is 0 Å². The predicted octanol–water partition coefficient (Wildman–Crippen LogP) is 3.99. The number of esters is 1. The molecule has 0 aliphatic carbocycles. The van der Waals surface area contributed by atoms with Crippen LogP contribution in [0.3, 0.4) is 0 Å². The molecule has 35 heavy (non-hydrogen) atoms. The van der Waals surface area contributed by atoms with Gasteiger partial charge in [0.05, 0.1) is 31.3 Å². The average molecular weight is 520 g/mol. The number of sulfonamides is 1. The van der Waals surface area contributed by atoms with Gasteiger partial charge in [0.15, 0.2) is 23.0 Å². The lowest BCUT2D eigenvalue weighted by Crippen LogP contribution is -2.23. The first-order valence-corrected chi connectivity index (χ1v) is 12.2. The van der Waals surface area contributed by atoms with Gasteiger partial charge < -0.3 is 24.1 Å². The zero-order chi connectivity index (χ0) is 25.6. The molecule has 1 N–H and O–H groups in total. The van der Waals surface area contributed by atoms with E-state index in [1.54, 1.807) is 36.4 Å². The first-order valence-electron chi connectivity index (χ1n) is 10.3. The second kappa shape index (κ2) is 11.3. The molecule has 0 spiro atoms. The Morgan fingerprint density at radius 2 is 1.66 bits per heavy atom. The summed E-state index contributed by atoms with van der Waals surface area (Å²) >= 11 is 4.28. The summed E-state index contributed by atoms with van der Waals surface area (Å²) in [4.78, 5) is 12.3. The van der Waals surface area contributed by atoms with Gasteiger partial charge in [-0.1, -0.05) is 29.8 Å².